The number of nitrogens with zero attached hydrogens (tertiary/aromatic N) is 4. The second kappa shape index (κ2) is 6.25. The zero-order valence-electron chi connectivity index (χ0n) is 10.5. The van der Waals surface area contributed by atoms with Gasteiger partial charge in [0.05, 0.1) is 0 Å². The van der Waals surface area contributed by atoms with Gasteiger partial charge in [0.25, 0.3) is 0 Å². The van der Waals surface area contributed by atoms with Gasteiger partial charge >= 0.3 is 0 Å². The molecule has 0 aromatic carbocycles. The highest BCUT2D eigenvalue weighted by Crippen LogP contribution is 2.00. The van der Waals surface area contributed by atoms with Crippen LogP contribution in [0.3, 0.4) is 0 Å². The minimum absolute atomic E-state index is 0.473. The van der Waals surface area contributed by atoms with Crippen molar-refractivity contribution in [3.05, 3.63) is 54.5 Å². The first-order chi connectivity index (χ1) is 9.31. The Morgan fingerprint density at radius 2 is 2.21 bits per heavy atom. The minimum atomic E-state index is 0.473. The van der Waals surface area contributed by atoms with Crippen molar-refractivity contribution in [2.24, 2.45) is 15.2 Å². The summed E-state index contributed by atoms with van der Waals surface area (Å²) in [5, 5.41) is 8.25. The third-order valence-corrected chi connectivity index (χ3v) is 2.24. The second-order valence-corrected chi connectivity index (χ2v) is 3.61. The first-order valence-corrected chi connectivity index (χ1v) is 5.74. The quantitative estimate of drug-likeness (QED) is 0.798. The number of pyridine rings is 1. The number of aromatic nitrogens is 1. The number of allylic oxidation sites excluding steroid dienone is 2. The molecule has 1 aliphatic heterocycles. The molecule has 0 radical (unpaired) electrons. The average molecular weight is 254 g/mol. The third-order valence-electron chi connectivity index (χ3n) is 2.24. The van der Waals surface area contributed by atoms with E-state index in [2.05, 4.69) is 37.6 Å². The van der Waals surface area contributed by atoms with Crippen LogP contribution >= 0.6 is 0 Å². The fourth-order valence-corrected chi connectivity index (χ4v) is 1.29. The maximum absolute atomic E-state index is 4.17. The number of aliphatic imine (C=N–C) groups is 1. The average Bonchev–Trinajstić information content (AvgIpc) is 2.48. The van der Waals surface area contributed by atoms with E-state index in [0.29, 0.717) is 23.1 Å². The lowest BCUT2D eigenvalue weighted by Crippen LogP contribution is -2.34. The number of hydrogen-bond donors (Lipinski definition) is 2. The van der Waals surface area contributed by atoms with Crippen LogP contribution in [0.1, 0.15) is 12.6 Å². The zero-order chi connectivity index (χ0) is 13.5. The standard InChI is InChI=1S/C13H14N6/c1-3-4-8-14-10(2)12-16-18-13(19-17-12)11-7-5-6-9-15-11/h3-9H,2H2,1H3,(H,16,17)(H,18,19)/b4-3-,14-8?. The highest BCUT2D eigenvalue weighted by atomic mass is 15.5. The molecule has 1 aliphatic rings. The number of rotatable bonds is 4. The second-order valence-electron chi connectivity index (χ2n) is 3.61. The van der Waals surface area contributed by atoms with Crippen LogP contribution in [0.25, 0.3) is 0 Å². The summed E-state index contributed by atoms with van der Waals surface area (Å²) in [6.07, 6.45) is 7.02. The lowest BCUT2D eigenvalue weighted by Gasteiger charge is -2.13. The molecule has 0 aliphatic carbocycles. The van der Waals surface area contributed by atoms with Gasteiger partial charge in [-0.05, 0) is 25.1 Å². The molecular formula is C13H14N6. The van der Waals surface area contributed by atoms with E-state index in [4.69, 9.17) is 0 Å². The summed E-state index contributed by atoms with van der Waals surface area (Å²) in [5.74, 6) is 1.02. The van der Waals surface area contributed by atoms with Crippen molar-refractivity contribution < 1.29 is 0 Å². The van der Waals surface area contributed by atoms with Gasteiger partial charge in [-0.3, -0.25) is 20.8 Å². The lowest BCUT2D eigenvalue weighted by molar-refractivity contribution is 0.874. The van der Waals surface area contributed by atoms with Gasteiger partial charge in [-0.15, -0.1) is 0 Å². The van der Waals surface area contributed by atoms with Crippen molar-refractivity contribution >= 4 is 17.9 Å². The van der Waals surface area contributed by atoms with Crippen molar-refractivity contribution in [1.82, 2.24) is 15.8 Å². The van der Waals surface area contributed by atoms with Gasteiger partial charge in [-0.1, -0.05) is 18.7 Å². The number of amidine groups is 2. The molecule has 0 saturated carbocycles. The lowest BCUT2D eigenvalue weighted by atomic mass is 10.3. The minimum Gasteiger partial charge on any atom is -0.256 e. The Morgan fingerprint density at radius 1 is 1.32 bits per heavy atom. The molecule has 1 aromatic heterocycles. The molecule has 0 unspecified atom stereocenters. The van der Waals surface area contributed by atoms with E-state index in [1.807, 2.05) is 37.3 Å². The largest absolute Gasteiger partial charge is 0.256 e. The van der Waals surface area contributed by atoms with Gasteiger partial charge < -0.3 is 0 Å². The molecule has 0 fully saturated rings. The summed E-state index contributed by atoms with van der Waals surface area (Å²) < 4.78 is 0. The first kappa shape index (κ1) is 12.7. The smallest absolute Gasteiger partial charge is 0.192 e. The van der Waals surface area contributed by atoms with Crippen LogP contribution in [0.2, 0.25) is 0 Å². The molecule has 0 bridgehead atoms. The van der Waals surface area contributed by atoms with Crippen LogP contribution in [0, 0.1) is 0 Å². The van der Waals surface area contributed by atoms with Crippen LogP contribution < -0.4 is 10.9 Å². The molecule has 6 heteroatoms. The molecule has 6 nitrogen and oxygen atoms in total. The summed E-state index contributed by atoms with van der Waals surface area (Å²) in [6.45, 7) is 5.71. The Labute approximate surface area is 111 Å². The molecule has 2 N–H and O–H groups in total. The van der Waals surface area contributed by atoms with Crippen molar-refractivity contribution in [3.63, 3.8) is 0 Å². The number of hydrazone groups is 2. The van der Waals surface area contributed by atoms with Crippen LogP contribution in [0.5, 0.6) is 0 Å². The molecule has 1 aromatic rings. The van der Waals surface area contributed by atoms with Crippen LogP contribution in [0.15, 0.2) is 64.0 Å². The normalized spacial score (nSPS) is 14.8. The Balaban J connectivity index is 2.01. The number of hydrogen-bond acceptors (Lipinski definition) is 6. The molecule has 2 heterocycles. The number of nitrogens with one attached hydrogen (secondary N) is 2. The fourth-order valence-electron chi connectivity index (χ4n) is 1.29. The molecule has 0 atom stereocenters. The van der Waals surface area contributed by atoms with E-state index >= 15 is 0 Å². The van der Waals surface area contributed by atoms with Crippen molar-refractivity contribution in [1.29, 1.82) is 0 Å². The predicted octanol–water partition coefficient (Wildman–Crippen LogP) is 1.41. The topological polar surface area (TPSA) is 74.0 Å². The summed E-state index contributed by atoms with van der Waals surface area (Å²) >= 11 is 0. The van der Waals surface area contributed by atoms with Crippen LogP contribution in [-0.4, -0.2) is 22.9 Å². The van der Waals surface area contributed by atoms with Crippen LogP contribution in [-0.2, 0) is 0 Å². The van der Waals surface area contributed by atoms with Gasteiger partial charge in [-0.25, -0.2) is 0 Å². The molecule has 0 saturated heterocycles. The van der Waals surface area contributed by atoms with Crippen molar-refractivity contribution in [3.8, 4) is 0 Å². The molecular weight excluding hydrogens is 240 g/mol. The third kappa shape index (κ3) is 3.35. The summed E-state index contributed by atoms with van der Waals surface area (Å²) in [5.41, 5.74) is 6.81. The first-order valence-electron chi connectivity index (χ1n) is 5.74. The van der Waals surface area contributed by atoms with Gasteiger partial charge in [0.1, 0.15) is 11.4 Å². The van der Waals surface area contributed by atoms with E-state index in [1.165, 1.54) is 0 Å². The predicted molar refractivity (Wildman–Crippen MR) is 76.9 cm³/mol. The van der Waals surface area contributed by atoms with E-state index in [1.54, 1.807) is 12.4 Å². The van der Waals surface area contributed by atoms with Gasteiger partial charge in [0.2, 0.25) is 0 Å². The van der Waals surface area contributed by atoms with E-state index in [-0.39, 0.29) is 0 Å². The zero-order valence-corrected chi connectivity index (χ0v) is 10.5. The Morgan fingerprint density at radius 3 is 2.84 bits per heavy atom. The molecule has 96 valence electrons. The highest BCUT2D eigenvalue weighted by Gasteiger charge is 2.11. The maximum atomic E-state index is 4.17. The van der Waals surface area contributed by atoms with Crippen LogP contribution in [0.4, 0.5) is 0 Å². The van der Waals surface area contributed by atoms with E-state index in [0.717, 1.165) is 0 Å². The van der Waals surface area contributed by atoms with Crippen molar-refractivity contribution in [2.45, 2.75) is 6.92 Å². The van der Waals surface area contributed by atoms with Gasteiger partial charge in [-0.2, -0.15) is 10.2 Å². The monoisotopic (exact) mass is 254 g/mol. The molecule has 2 rings (SSSR count). The summed E-state index contributed by atoms with van der Waals surface area (Å²) in [6, 6.07) is 5.56. The summed E-state index contributed by atoms with van der Waals surface area (Å²) in [4.78, 5) is 8.28. The Kier molecular flexibility index (Phi) is 4.17. The van der Waals surface area contributed by atoms with E-state index in [9.17, 15) is 0 Å². The highest BCUT2D eigenvalue weighted by molar-refractivity contribution is 6.05. The molecule has 19 heavy (non-hydrogen) atoms. The SMILES string of the molecule is C=C(N=C/C=C\C)C1=NNC(c2ccccn2)=NN1. The Hall–Kier alpha value is -2.76. The summed E-state index contributed by atoms with van der Waals surface area (Å²) in [7, 11) is 0. The van der Waals surface area contributed by atoms with Crippen molar-refractivity contribution in [2.75, 3.05) is 0 Å². The Bertz CT molecular complexity index is 568. The maximum Gasteiger partial charge on any atom is 0.192 e. The van der Waals surface area contributed by atoms with Gasteiger partial charge in [0, 0.05) is 12.4 Å². The molecule has 0 amide bonds. The fraction of sp³-hybridized carbons (Fsp3) is 0.0769. The van der Waals surface area contributed by atoms with Gasteiger partial charge in [0.15, 0.2) is 11.7 Å². The van der Waals surface area contributed by atoms with E-state index < -0.39 is 0 Å². The molecule has 0 spiro atoms.